The normalized spacial score (nSPS) is 16.5. The Bertz CT molecular complexity index is 1540. The van der Waals surface area contributed by atoms with Gasteiger partial charge in [-0.05, 0) is 49.1 Å². The fraction of sp³-hybridized carbons (Fsp3) is 0.414. The second kappa shape index (κ2) is 13.4. The molecule has 0 saturated carbocycles. The fourth-order valence-corrected chi connectivity index (χ4v) is 4.97. The van der Waals surface area contributed by atoms with E-state index in [1.54, 1.807) is 6.07 Å². The molecule has 1 aromatic carbocycles. The number of alkyl halides is 6. The summed E-state index contributed by atoms with van der Waals surface area (Å²) in [7, 11) is 1.40. The first-order valence-corrected chi connectivity index (χ1v) is 13.7. The van der Waals surface area contributed by atoms with Crippen molar-refractivity contribution >= 4 is 17.7 Å². The number of fused-ring (bicyclic) bond motifs is 1. The number of ether oxygens (including phenoxy) is 2. The maximum atomic E-state index is 13.5. The van der Waals surface area contributed by atoms with E-state index in [1.807, 2.05) is 13.0 Å². The Labute approximate surface area is 253 Å². The Kier molecular flexibility index (Phi) is 9.89. The van der Waals surface area contributed by atoms with Crippen molar-refractivity contribution in [2.75, 3.05) is 23.9 Å². The summed E-state index contributed by atoms with van der Waals surface area (Å²) in [5, 5.41) is 21.8. The highest BCUT2D eigenvalue weighted by Gasteiger charge is 2.38. The average molecular weight is 639 g/mol. The van der Waals surface area contributed by atoms with Gasteiger partial charge in [0, 0.05) is 24.9 Å². The quantitative estimate of drug-likeness (QED) is 0.178. The highest BCUT2D eigenvalue weighted by atomic mass is 19.4. The summed E-state index contributed by atoms with van der Waals surface area (Å²) < 4.78 is 92.0. The number of rotatable bonds is 10. The van der Waals surface area contributed by atoms with E-state index < -0.39 is 48.1 Å². The van der Waals surface area contributed by atoms with Crippen LogP contribution in [0.15, 0.2) is 36.5 Å². The molecule has 240 valence electrons. The lowest BCUT2D eigenvalue weighted by Gasteiger charge is -2.38. The molecule has 4 rings (SSSR count). The molecular formula is C29H28F6N6O4. The van der Waals surface area contributed by atoms with Crippen LogP contribution in [0, 0.1) is 11.3 Å². The second-order valence-electron chi connectivity index (χ2n) is 10.1. The van der Waals surface area contributed by atoms with Crippen LogP contribution in [0.5, 0.6) is 11.6 Å². The lowest BCUT2D eigenvalue weighted by molar-refractivity contribution is -0.143. The van der Waals surface area contributed by atoms with Crippen LogP contribution in [0.25, 0.3) is 0 Å². The summed E-state index contributed by atoms with van der Waals surface area (Å²) in [6, 6.07) is 5.19. The third kappa shape index (κ3) is 7.83. The summed E-state index contributed by atoms with van der Waals surface area (Å²) in [5.41, 5.74) is -2.64. The van der Waals surface area contributed by atoms with Crippen molar-refractivity contribution in [3.05, 3.63) is 64.6 Å². The van der Waals surface area contributed by atoms with Crippen molar-refractivity contribution in [3.8, 4) is 17.7 Å². The molecule has 0 unspecified atom stereocenters. The zero-order chi connectivity index (χ0) is 32.9. The summed E-state index contributed by atoms with van der Waals surface area (Å²) in [4.78, 5) is 26.4. The molecule has 2 N–H and O–H groups in total. The predicted octanol–water partition coefficient (Wildman–Crippen LogP) is 7.01. The number of aromatic nitrogens is 3. The second-order valence-corrected chi connectivity index (χ2v) is 10.1. The molecule has 16 heteroatoms. The molecule has 2 atom stereocenters. The Morgan fingerprint density at radius 1 is 1.13 bits per heavy atom. The van der Waals surface area contributed by atoms with Crippen molar-refractivity contribution in [2.24, 2.45) is 0 Å². The van der Waals surface area contributed by atoms with Crippen LogP contribution >= 0.6 is 0 Å². The van der Waals surface area contributed by atoms with Crippen LogP contribution in [0.4, 0.5) is 42.8 Å². The van der Waals surface area contributed by atoms with Crippen LogP contribution in [-0.2, 0) is 18.8 Å². The number of carboxylic acid groups (broad SMARTS) is 1. The zero-order valence-corrected chi connectivity index (χ0v) is 24.0. The van der Waals surface area contributed by atoms with Gasteiger partial charge in [0.2, 0.25) is 11.8 Å². The number of amides is 1. The largest absolute Gasteiger partial charge is 0.490 e. The molecule has 2 aromatic heterocycles. The van der Waals surface area contributed by atoms with Crippen LogP contribution < -0.4 is 19.7 Å². The number of hydrogen-bond donors (Lipinski definition) is 2. The molecule has 1 aliphatic heterocycles. The van der Waals surface area contributed by atoms with Gasteiger partial charge in [-0.3, -0.25) is 4.90 Å². The summed E-state index contributed by atoms with van der Waals surface area (Å²) >= 11 is 0. The van der Waals surface area contributed by atoms with E-state index in [0.29, 0.717) is 36.4 Å². The van der Waals surface area contributed by atoms with Crippen molar-refractivity contribution < 1.29 is 45.7 Å². The van der Waals surface area contributed by atoms with Gasteiger partial charge >= 0.3 is 18.4 Å². The Balaban J connectivity index is 1.75. The van der Waals surface area contributed by atoms with Crippen molar-refractivity contribution in [2.45, 2.75) is 63.5 Å². The molecule has 45 heavy (non-hydrogen) atoms. The first-order valence-electron chi connectivity index (χ1n) is 13.7. The molecule has 10 nitrogen and oxygen atoms in total. The minimum Gasteiger partial charge on any atom is -0.490 e. The molecule has 0 radical (unpaired) electrons. The Hall–Kier alpha value is -4.81. The summed E-state index contributed by atoms with van der Waals surface area (Å²) in [6.45, 7) is 1.84. The molecule has 0 bridgehead atoms. The van der Waals surface area contributed by atoms with Gasteiger partial charge in [-0.25, -0.2) is 19.7 Å². The molecule has 1 amide bonds. The van der Waals surface area contributed by atoms with E-state index in [4.69, 9.17) is 14.7 Å². The highest BCUT2D eigenvalue weighted by molar-refractivity contribution is 5.88. The average Bonchev–Trinajstić information content (AvgIpc) is 2.98. The van der Waals surface area contributed by atoms with Gasteiger partial charge < -0.3 is 19.9 Å². The molecule has 0 saturated heterocycles. The number of nitrogens with one attached hydrogen (secondary N) is 1. The molecule has 0 aliphatic carbocycles. The third-order valence-corrected chi connectivity index (χ3v) is 7.07. The van der Waals surface area contributed by atoms with Crippen molar-refractivity contribution in [3.63, 3.8) is 0 Å². The van der Waals surface area contributed by atoms with Crippen molar-refractivity contribution in [1.82, 2.24) is 15.0 Å². The minimum absolute atomic E-state index is 0.00857. The number of halogens is 6. The van der Waals surface area contributed by atoms with E-state index in [1.165, 1.54) is 24.3 Å². The van der Waals surface area contributed by atoms with Gasteiger partial charge in [0.1, 0.15) is 0 Å². The van der Waals surface area contributed by atoms with Crippen LogP contribution in [0.2, 0.25) is 0 Å². The number of anilines is 2. The lowest BCUT2D eigenvalue weighted by atomic mass is 9.93. The van der Waals surface area contributed by atoms with Gasteiger partial charge in [0.25, 0.3) is 0 Å². The molecule has 3 aromatic rings. The fourth-order valence-electron chi connectivity index (χ4n) is 4.97. The van der Waals surface area contributed by atoms with E-state index >= 15 is 0 Å². The third-order valence-electron chi connectivity index (χ3n) is 7.07. The van der Waals surface area contributed by atoms with Gasteiger partial charge in [-0.2, -0.15) is 31.6 Å². The number of hydrogen-bond acceptors (Lipinski definition) is 8. The van der Waals surface area contributed by atoms with Crippen LogP contribution in [0.3, 0.4) is 0 Å². The van der Waals surface area contributed by atoms with Gasteiger partial charge in [0.15, 0.2) is 5.75 Å². The SMILES string of the molecule is CC[C@@H]1C[C@H](Nc2ncc(OCCCC#N)c(Cc3cc(C(F)(F)F)cc(C(F)(F)F)c3)n2)c2nc(OC)ccc2N1C(=O)O. The van der Waals surface area contributed by atoms with Crippen LogP contribution in [-0.4, -0.2) is 45.9 Å². The monoisotopic (exact) mass is 638 g/mol. The van der Waals surface area contributed by atoms with Gasteiger partial charge in [-0.15, -0.1) is 0 Å². The zero-order valence-electron chi connectivity index (χ0n) is 24.0. The topological polar surface area (TPSA) is 133 Å². The summed E-state index contributed by atoms with van der Waals surface area (Å²) in [5.74, 6) is 0.182. The van der Waals surface area contributed by atoms with E-state index in [-0.39, 0.29) is 54.4 Å². The highest BCUT2D eigenvalue weighted by Crippen LogP contribution is 2.40. The number of nitrogens with zero attached hydrogens (tertiary/aromatic N) is 5. The van der Waals surface area contributed by atoms with Crippen LogP contribution in [0.1, 0.15) is 66.7 Å². The van der Waals surface area contributed by atoms with Gasteiger partial charge in [-0.1, -0.05) is 6.92 Å². The van der Waals surface area contributed by atoms with Gasteiger partial charge in [0.05, 0.1) is 60.2 Å². The first-order chi connectivity index (χ1) is 21.2. The number of methoxy groups -OCH3 is 1. The number of carbonyl (C=O) groups is 1. The molecule has 0 spiro atoms. The molecule has 3 heterocycles. The smallest absolute Gasteiger partial charge is 0.416 e. The molecular weight excluding hydrogens is 610 g/mol. The summed E-state index contributed by atoms with van der Waals surface area (Å²) in [6.07, 6.45) is -9.33. The first kappa shape index (κ1) is 33.1. The van der Waals surface area contributed by atoms with E-state index in [9.17, 15) is 36.2 Å². The maximum absolute atomic E-state index is 13.5. The number of benzene rings is 1. The maximum Gasteiger partial charge on any atom is 0.416 e. The molecule has 0 fully saturated rings. The van der Waals surface area contributed by atoms with E-state index in [0.717, 1.165) is 0 Å². The lowest BCUT2D eigenvalue weighted by Crippen LogP contribution is -2.45. The van der Waals surface area contributed by atoms with E-state index in [2.05, 4.69) is 20.3 Å². The number of pyridine rings is 1. The molecule has 1 aliphatic rings. The number of nitriles is 1. The number of unbranched alkanes of at least 4 members (excludes halogenated alkanes) is 1. The Morgan fingerprint density at radius 3 is 2.40 bits per heavy atom. The predicted molar refractivity (Wildman–Crippen MR) is 148 cm³/mol. The van der Waals surface area contributed by atoms with Crippen molar-refractivity contribution in [1.29, 1.82) is 5.26 Å². The minimum atomic E-state index is -5.03. The standard InChI is InChI=1S/C29H28F6N6O4/c1-3-19-14-21(25-22(41(19)27(42)43)6-7-24(40-25)44-2)39-26-37-15-23(45-9-5-4-8-36)20(38-26)12-16-10-17(28(30,31)32)13-18(11-16)29(33,34)35/h6-7,10-11,13,15,19,21H,3-5,9,12,14H2,1-2H3,(H,42,43)(H,37,38,39)/t19-,21+/m1/s1. The Morgan fingerprint density at radius 2 is 1.82 bits per heavy atom.